The van der Waals surface area contributed by atoms with Crippen LogP contribution in [0.25, 0.3) is 10.1 Å². The average Bonchev–Trinajstić information content (AvgIpc) is 3.11. The molecule has 0 spiro atoms. The summed E-state index contributed by atoms with van der Waals surface area (Å²) in [5.74, 6) is 1.83. The number of hydrogen-bond donors (Lipinski definition) is 1. The molecule has 0 bridgehead atoms. The van der Waals surface area contributed by atoms with E-state index in [0.717, 1.165) is 26.3 Å². The van der Waals surface area contributed by atoms with Crippen molar-refractivity contribution in [1.82, 2.24) is 15.5 Å². The van der Waals surface area contributed by atoms with Gasteiger partial charge in [-0.15, -0.1) is 11.3 Å². The lowest BCUT2D eigenvalue weighted by Gasteiger charge is -2.02. The zero-order valence-electron chi connectivity index (χ0n) is 13.2. The number of thiophene rings is 1. The van der Waals surface area contributed by atoms with Gasteiger partial charge in [-0.1, -0.05) is 5.16 Å². The van der Waals surface area contributed by atoms with Crippen LogP contribution in [-0.2, 0) is 6.42 Å². The van der Waals surface area contributed by atoms with Crippen LogP contribution in [0.4, 0.5) is 0 Å². The molecule has 1 N–H and O–H groups in total. The van der Waals surface area contributed by atoms with Gasteiger partial charge in [0.05, 0.1) is 12.0 Å². The van der Waals surface area contributed by atoms with E-state index in [4.69, 9.17) is 9.26 Å². The molecule has 2 heterocycles. The number of nitrogens with zero attached hydrogens (tertiary/aromatic N) is 2. The first-order valence-electron chi connectivity index (χ1n) is 7.23. The SMILES string of the molecule is COc1ccc2sc(C(=O)NCCc3nc(C)no3)c(C)c2c1. The Labute approximate surface area is 137 Å². The Kier molecular flexibility index (Phi) is 4.29. The summed E-state index contributed by atoms with van der Waals surface area (Å²) in [6.45, 7) is 4.17. The quantitative estimate of drug-likeness (QED) is 0.778. The Bertz CT molecular complexity index is 853. The van der Waals surface area contributed by atoms with Gasteiger partial charge in [-0.2, -0.15) is 4.98 Å². The number of ether oxygens (including phenoxy) is 1. The Morgan fingerprint density at radius 3 is 2.91 bits per heavy atom. The molecule has 0 unspecified atom stereocenters. The van der Waals surface area contributed by atoms with E-state index in [1.807, 2.05) is 25.1 Å². The van der Waals surface area contributed by atoms with E-state index in [1.54, 1.807) is 14.0 Å². The van der Waals surface area contributed by atoms with Gasteiger partial charge in [-0.3, -0.25) is 4.79 Å². The number of aryl methyl sites for hydroxylation is 2. The van der Waals surface area contributed by atoms with Crippen molar-refractivity contribution in [2.75, 3.05) is 13.7 Å². The molecule has 23 heavy (non-hydrogen) atoms. The Morgan fingerprint density at radius 2 is 2.22 bits per heavy atom. The van der Waals surface area contributed by atoms with Crippen LogP contribution < -0.4 is 10.1 Å². The largest absolute Gasteiger partial charge is 0.497 e. The maximum absolute atomic E-state index is 12.4. The number of amides is 1. The molecule has 0 fully saturated rings. The van der Waals surface area contributed by atoms with Crippen molar-refractivity contribution in [1.29, 1.82) is 0 Å². The van der Waals surface area contributed by atoms with Crippen LogP contribution in [0.3, 0.4) is 0 Å². The molecular weight excluding hydrogens is 314 g/mol. The Morgan fingerprint density at radius 1 is 1.39 bits per heavy atom. The summed E-state index contributed by atoms with van der Waals surface area (Å²) >= 11 is 1.48. The van der Waals surface area contributed by atoms with Gasteiger partial charge >= 0.3 is 0 Å². The van der Waals surface area contributed by atoms with Crippen molar-refractivity contribution in [2.45, 2.75) is 20.3 Å². The molecule has 1 amide bonds. The Balaban J connectivity index is 1.71. The number of rotatable bonds is 5. The number of aromatic nitrogens is 2. The number of carbonyl (C=O) groups is 1. The first-order chi connectivity index (χ1) is 11.1. The number of carbonyl (C=O) groups excluding carboxylic acids is 1. The number of nitrogens with one attached hydrogen (secondary N) is 1. The molecule has 2 aromatic heterocycles. The predicted octanol–water partition coefficient (Wildman–Crippen LogP) is 2.88. The third kappa shape index (κ3) is 3.19. The molecule has 3 rings (SSSR count). The van der Waals surface area contributed by atoms with E-state index in [-0.39, 0.29) is 5.91 Å². The summed E-state index contributed by atoms with van der Waals surface area (Å²) in [4.78, 5) is 17.2. The standard InChI is InChI=1S/C16H17N3O3S/c1-9-12-8-11(21-3)4-5-13(12)23-15(9)16(20)17-7-6-14-18-10(2)19-22-14/h4-5,8H,6-7H2,1-3H3,(H,17,20). The minimum Gasteiger partial charge on any atom is -0.497 e. The topological polar surface area (TPSA) is 77.2 Å². The average molecular weight is 331 g/mol. The molecule has 7 heteroatoms. The number of fused-ring (bicyclic) bond motifs is 1. The van der Waals surface area contributed by atoms with Crippen molar-refractivity contribution in [2.24, 2.45) is 0 Å². The molecule has 0 radical (unpaired) electrons. The second kappa shape index (κ2) is 6.37. The van der Waals surface area contributed by atoms with E-state index in [0.29, 0.717) is 24.7 Å². The normalized spacial score (nSPS) is 10.9. The van der Waals surface area contributed by atoms with Crippen LogP contribution in [0.5, 0.6) is 5.75 Å². The second-order valence-corrected chi connectivity index (χ2v) is 6.21. The van der Waals surface area contributed by atoms with Crippen molar-refractivity contribution in [3.63, 3.8) is 0 Å². The summed E-state index contributed by atoms with van der Waals surface area (Å²) in [5.41, 5.74) is 0.968. The molecule has 6 nitrogen and oxygen atoms in total. The maximum atomic E-state index is 12.4. The van der Waals surface area contributed by atoms with Gasteiger partial charge in [-0.05, 0) is 43.0 Å². The molecule has 1 aromatic carbocycles. The second-order valence-electron chi connectivity index (χ2n) is 5.16. The van der Waals surface area contributed by atoms with Gasteiger partial charge in [0, 0.05) is 17.7 Å². The van der Waals surface area contributed by atoms with Gasteiger partial charge < -0.3 is 14.6 Å². The first-order valence-corrected chi connectivity index (χ1v) is 8.04. The van der Waals surface area contributed by atoms with Crippen molar-refractivity contribution < 1.29 is 14.1 Å². The molecule has 3 aromatic rings. The van der Waals surface area contributed by atoms with Gasteiger partial charge in [0.2, 0.25) is 5.89 Å². The lowest BCUT2D eigenvalue weighted by atomic mass is 10.1. The smallest absolute Gasteiger partial charge is 0.261 e. The van der Waals surface area contributed by atoms with Crippen LogP contribution in [0.15, 0.2) is 22.7 Å². The lowest BCUT2D eigenvalue weighted by molar-refractivity contribution is 0.0957. The summed E-state index contributed by atoms with van der Waals surface area (Å²) in [6.07, 6.45) is 0.518. The zero-order chi connectivity index (χ0) is 16.4. The van der Waals surface area contributed by atoms with Gasteiger partial charge in [0.15, 0.2) is 5.82 Å². The fourth-order valence-corrected chi connectivity index (χ4v) is 3.45. The van der Waals surface area contributed by atoms with Gasteiger partial charge in [-0.25, -0.2) is 0 Å². The van der Waals surface area contributed by atoms with E-state index in [2.05, 4.69) is 15.5 Å². The van der Waals surface area contributed by atoms with Crippen LogP contribution >= 0.6 is 11.3 Å². The molecule has 0 saturated heterocycles. The molecule has 0 saturated carbocycles. The third-order valence-electron chi connectivity index (χ3n) is 3.54. The monoisotopic (exact) mass is 331 g/mol. The highest BCUT2D eigenvalue weighted by atomic mass is 32.1. The Hall–Kier alpha value is -2.41. The molecule has 0 aliphatic heterocycles. The highest BCUT2D eigenvalue weighted by molar-refractivity contribution is 7.21. The van der Waals surface area contributed by atoms with E-state index >= 15 is 0 Å². The number of hydrogen-bond acceptors (Lipinski definition) is 6. The zero-order valence-corrected chi connectivity index (χ0v) is 14.0. The number of methoxy groups -OCH3 is 1. The van der Waals surface area contributed by atoms with Gasteiger partial charge in [0.1, 0.15) is 5.75 Å². The summed E-state index contributed by atoms with van der Waals surface area (Å²) in [6, 6.07) is 5.83. The van der Waals surface area contributed by atoms with Crippen molar-refractivity contribution >= 4 is 27.3 Å². The molecule has 0 aliphatic carbocycles. The fourth-order valence-electron chi connectivity index (χ4n) is 2.35. The van der Waals surface area contributed by atoms with Gasteiger partial charge in [0.25, 0.3) is 5.91 Å². The van der Waals surface area contributed by atoms with E-state index < -0.39 is 0 Å². The number of benzene rings is 1. The third-order valence-corrected chi connectivity index (χ3v) is 4.82. The summed E-state index contributed by atoms with van der Waals surface area (Å²) < 4.78 is 11.3. The molecular formula is C16H17N3O3S. The highest BCUT2D eigenvalue weighted by Gasteiger charge is 2.16. The van der Waals surface area contributed by atoms with Crippen molar-refractivity contribution in [3.8, 4) is 5.75 Å². The van der Waals surface area contributed by atoms with Crippen LogP contribution in [0.1, 0.15) is 27.0 Å². The first kappa shape index (κ1) is 15.5. The summed E-state index contributed by atoms with van der Waals surface area (Å²) in [7, 11) is 1.63. The van der Waals surface area contributed by atoms with Crippen molar-refractivity contribution in [3.05, 3.63) is 40.4 Å². The summed E-state index contributed by atoms with van der Waals surface area (Å²) in [5, 5.41) is 7.67. The van der Waals surface area contributed by atoms with Crippen LogP contribution in [-0.4, -0.2) is 29.7 Å². The molecule has 120 valence electrons. The lowest BCUT2D eigenvalue weighted by Crippen LogP contribution is -2.25. The minimum absolute atomic E-state index is 0.0843. The van der Waals surface area contributed by atoms with E-state index in [1.165, 1.54) is 11.3 Å². The van der Waals surface area contributed by atoms with Crippen LogP contribution in [0.2, 0.25) is 0 Å². The highest BCUT2D eigenvalue weighted by Crippen LogP contribution is 2.33. The van der Waals surface area contributed by atoms with Crippen LogP contribution in [0, 0.1) is 13.8 Å². The predicted molar refractivity (Wildman–Crippen MR) is 88.2 cm³/mol. The molecule has 0 atom stereocenters. The minimum atomic E-state index is -0.0843. The molecule has 0 aliphatic rings. The fraction of sp³-hybridized carbons (Fsp3) is 0.312. The van der Waals surface area contributed by atoms with E-state index in [9.17, 15) is 4.79 Å². The maximum Gasteiger partial charge on any atom is 0.261 e.